The summed E-state index contributed by atoms with van der Waals surface area (Å²) in [5.41, 5.74) is 2.71. The molecule has 20 heavy (non-hydrogen) atoms. The van der Waals surface area contributed by atoms with E-state index in [1.165, 1.54) is 0 Å². The van der Waals surface area contributed by atoms with Crippen molar-refractivity contribution >= 4 is 11.8 Å². The SMILES string of the molecule is Cc1ccc(C(=O)NCC(=O)NCC(C)CO)cc1C. The van der Waals surface area contributed by atoms with Gasteiger partial charge in [0.1, 0.15) is 0 Å². The maximum Gasteiger partial charge on any atom is 0.251 e. The Morgan fingerprint density at radius 3 is 2.50 bits per heavy atom. The highest BCUT2D eigenvalue weighted by molar-refractivity contribution is 5.96. The van der Waals surface area contributed by atoms with Gasteiger partial charge in [-0.2, -0.15) is 0 Å². The third-order valence-corrected chi connectivity index (χ3v) is 3.14. The van der Waals surface area contributed by atoms with E-state index in [0.29, 0.717) is 12.1 Å². The van der Waals surface area contributed by atoms with Crippen molar-refractivity contribution in [2.45, 2.75) is 20.8 Å². The number of hydrogen-bond donors (Lipinski definition) is 3. The second kappa shape index (κ2) is 7.65. The maximum absolute atomic E-state index is 11.9. The van der Waals surface area contributed by atoms with Crippen LogP contribution < -0.4 is 10.6 Å². The Hall–Kier alpha value is -1.88. The van der Waals surface area contributed by atoms with Crippen LogP contribution in [0.1, 0.15) is 28.4 Å². The summed E-state index contributed by atoms with van der Waals surface area (Å²) in [7, 11) is 0. The first-order valence-electron chi connectivity index (χ1n) is 6.67. The lowest BCUT2D eigenvalue weighted by Gasteiger charge is -2.10. The molecule has 0 aliphatic rings. The van der Waals surface area contributed by atoms with Crippen LogP contribution in [0.15, 0.2) is 18.2 Å². The zero-order valence-corrected chi connectivity index (χ0v) is 12.2. The number of aliphatic hydroxyl groups excluding tert-OH is 1. The molecule has 2 amide bonds. The molecule has 1 aromatic rings. The van der Waals surface area contributed by atoms with E-state index in [4.69, 9.17) is 5.11 Å². The fourth-order valence-corrected chi connectivity index (χ4v) is 1.56. The summed E-state index contributed by atoms with van der Waals surface area (Å²) in [5, 5.41) is 14.1. The van der Waals surface area contributed by atoms with E-state index in [0.717, 1.165) is 11.1 Å². The van der Waals surface area contributed by atoms with Gasteiger partial charge in [-0.25, -0.2) is 0 Å². The average Bonchev–Trinajstić information content (AvgIpc) is 2.44. The molecule has 1 rings (SSSR count). The molecule has 0 spiro atoms. The molecule has 5 nitrogen and oxygen atoms in total. The summed E-state index contributed by atoms with van der Waals surface area (Å²) in [5.74, 6) is -0.518. The molecule has 0 aliphatic heterocycles. The third-order valence-electron chi connectivity index (χ3n) is 3.14. The Morgan fingerprint density at radius 1 is 1.20 bits per heavy atom. The first-order chi connectivity index (χ1) is 9.43. The molecule has 5 heteroatoms. The van der Waals surface area contributed by atoms with Crippen molar-refractivity contribution in [3.8, 4) is 0 Å². The predicted molar refractivity (Wildman–Crippen MR) is 77.5 cm³/mol. The van der Waals surface area contributed by atoms with Crippen LogP contribution in [0.2, 0.25) is 0 Å². The van der Waals surface area contributed by atoms with Gasteiger partial charge in [0.15, 0.2) is 0 Å². The van der Waals surface area contributed by atoms with Gasteiger partial charge in [-0.15, -0.1) is 0 Å². The summed E-state index contributed by atoms with van der Waals surface area (Å²) in [6.45, 7) is 6.10. The Bertz CT molecular complexity index is 486. The normalized spacial score (nSPS) is 11.8. The van der Waals surface area contributed by atoms with Crippen LogP contribution in [0.3, 0.4) is 0 Å². The summed E-state index contributed by atoms with van der Waals surface area (Å²) >= 11 is 0. The number of nitrogens with one attached hydrogen (secondary N) is 2. The number of carbonyl (C=O) groups excluding carboxylic acids is 2. The van der Waals surface area contributed by atoms with E-state index in [2.05, 4.69) is 10.6 Å². The molecule has 1 atom stereocenters. The number of aryl methyl sites for hydroxylation is 2. The fourth-order valence-electron chi connectivity index (χ4n) is 1.56. The monoisotopic (exact) mass is 278 g/mol. The van der Waals surface area contributed by atoms with E-state index in [9.17, 15) is 9.59 Å². The third kappa shape index (κ3) is 5.01. The number of aliphatic hydroxyl groups is 1. The molecule has 0 saturated heterocycles. The fraction of sp³-hybridized carbons (Fsp3) is 0.467. The minimum absolute atomic E-state index is 0.00870. The molecule has 0 radical (unpaired) electrons. The molecule has 1 unspecified atom stereocenters. The summed E-state index contributed by atoms with van der Waals surface area (Å²) in [6.07, 6.45) is 0. The Balaban J connectivity index is 2.43. The molecular weight excluding hydrogens is 256 g/mol. The van der Waals surface area contributed by atoms with Crippen molar-refractivity contribution in [1.29, 1.82) is 0 Å². The van der Waals surface area contributed by atoms with Crippen LogP contribution in [0, 0.1) is 19.8 Å². The van der Waals surface area contributed by atoms with Crippen LogP contribution in [0.5, 0.6) is 0 Å². The lowest BCUT2D eigenvalue weighted by molar-refractivity contribution is -0.120. The highest BCUT2D eigenvalue weighted by Crippen LogP contribution is 2.09. The zero-order chi connectivity index (χ0) is 15.1. The van der Waals surface area contributed by atoms with Gasteiger partial charge in [-0.05, 0) is 43.0 Å². The van der Waals surface area contributed by atoms with Gasteiger partial charge in [0, 0.05) is 18.7 Å². The molecule has 0 heterocycles. The number of carbonyl (C=O) groups is 2. The van der Waals surface area contributed by atoms with Gasteiger partial charge in [-0.3, -0.25) is 9.59 Å². The topological polar surface area (TPSA) is 78.4 Å². The number of hydrogen-bond acceptors (Lipinski definition) is 3. The quantitative estimate of drug-likeness (QED) is 0.719. The van der Waals surface area contributed by atoms with Gasteiger partial charge in [0.2, 0.25) is 5.91 Å². The molecule has 0 saturated carbocycles. The van der Waals surface area contributed by atoms with Crippen LogP contribution in [0.4, 0.5) is 0 Å². The van der Waals surface area contributed by atoms with E-state index in [-0.39, 0.29) is 30.9 Å². The molecule has 0 aliphatic carbocycles. The maximum atomic E-state index is 11.9. The Kier molecular flexibility index (Phi) is 6.18. The number of amides is 2. The van der Waals surface area contributed by atoms with Crippen LogP contribution in [-0.2, 0) is 4.79 Å². The molecule has 0 fully saturated rings. The number of rotatable bonds is 6. The van der Waals surface area contributed by atoms with Gasteiger partial charge in [-0.1, -0.05) is 13.0 Å². The second-order valence-corrected chi connectivity index (χ2v) is 5.07. The number of benzene rings is 1. The van der Waals surface area contributed by atoms with Crippen LogP contribution >= 0.6 is 0 Å². The largest absolute Gasteiger partial charge is 0.396 e. The lowest BCUT2D eigenvalue weighted by Crippen LogP contribution is -2.39. The molecule has 3 N–H and O–H groups in total. The first-order valence-corrected chi connectivity index (χ1v) is 6.67. The smallest absolute Gasteiger partial charge is 0.251 e. The first kappa shape index (κ1) is 16.2. The Labute approximate surface area is 119 Å². The predicted octanol–water partition coefficient (Wildman–Crippen LogP) is 0.778. The van der Waals surface area contributed by atoms with Crippen LogP contribution in [0.25, 0.3) is 0 Å². The highest BCUT2D eigenvalue weighted by Gasteiger charge is 2.09. The van der Waals surface area contributed by atoms with Crippen molar-refractivity contribution in [2.24, 2.45) is 5.92 Å². The Morgan fingerprint density at radius 2 is 1.90 bits per heavy atom. The van der Waals surface area contributed by atoms with Crippen LogP contribution in [-0.4, -0.2) is 36.6 Å². The van der Waals surface area contributed by atoms with Gasteiger partial charge in [0.05, 0.1) is 6.54 Å². The minimum Gasteiger partial charge on any atom is -0.396 e. The van der Waals surface area contributed by atoms with Crippen molar-refractivity contribution in [3.63, 3.8) is 0 Å². The van der Waals surface area contributed by atoms with Crippen molar-refractivity contribution in [1.82, 2.24) is 10.6 Å². The minimum atomic E-state index is -0.265. The summed E-state index contributed by atoms with van der Waals surface area (Å²) in [6, 6.07) is 5.42. The second-order valence-electron chi connectivity index (χ2n) is 5.07. The molecule has 0 bridgehead atoms. The van der Waals surface area contributed by atoms with Gasteiger partial charge >= 0.3 is 0 Å². The van der Waals surface area contributed by atoms with Gasteiger partial charge < -0.3 is 15.7 Å². The van der Waals surface area contributed by atoms with E-state index >= 15 is 0 Å². The van der Waals surface area contributed by atoms with E-state index < -0.39 is 0 Å². The molecular formula is C15H22N2O3. The highest BCUT2D eigenvalue weighted by atomic mass is 16.3. The summed E-state index contributed by atoms with van der Waals surface area (Å²) < 4.78 is 0. The van der Waals surface area contributed by atoms with Crippen molar-refractivity contribution in [3.05, 3.63) is 34.9 Å². The van der Waals surface area contributed by atoms with E-state index in [1.807, 2.05) is 26.8 Å². The average molecular weight is 278 g/mol. The van der Waals surface area contributed by atoms with Crippen molar-refractivity contribution < 1.29 is 14.7 Å². The zero-order valence-electron chi connectivity index (χ0n) is 12.2. The molecule has 0 aromatic heterocycles. The lowest BCUT2D eigenvalue weighted by atomic mass is 10.1. The summed E-state index contributed by atoms with van der Waals surface area (Å²) in [4.78, 5) is 23.4. The van der Waals surface area contributed by atoms with E-state index in [1.54, 1.807) is 12.1 Å². The van der Waals surface area contributed by atoms with Gasteiger partial charge in [0.25, 0.3) is 5.91 Å². The van der Waals surface area contributed by atoms with Crippen molar-refractivity contribution in [2.75, 3.05) is 19.7 Å². The molecule has 1 aromatic carbocycles. The molecule has 110 valence electrons. The standard InChI is InChI=1S/C15H22N2O3/c1-10(9-18)7-16-14(19)8-17-15(20)13-5-4-11(2)12(3)6-13/h4-6,10,18H,7-9H2,1-3H3,(H,16,19)(H,17,20).